The molecule has 7 heteroatoms. The van der Waals surface area contributed by atoms with Crippen LogP contribution in [0, 0.1) is 0 Å². The number of carbonyl (C=O) groups is 2. The number of hydrogen-bond acceptors (Lipinski definition) is 4. The van der Waals surface area contributed by atoms with Gasteiger partial charge in [-0.05, 0) is 37.6 Å². The van der Waals surface area contributed by atoms with Gasteiger partial charge in [-0.1, -0.05) is 6.07 Å². The van der Waals surface area contributed by atoms with E-state index in [2.05, 4.69) is 5.32 Å². The van der Waals surface area contributed by atoms with Gasteiger partial charge in [-0.2, -0.15) is 0 Å². The first-order chi connectivity index (χ1) is 13.1. The number of nitrogens with zero attached hydrogens (tertiary/aromatic N) is 2. The highest BCUT2D eigenvalue weighted by Crippen LogP contribution is 2.24. The maximum atomic E-state index is 12.8. The molecular weight excluding hydrogens is 346 g/mol. The van der Waals surface area contributed by atoms with E-state index in [-0.39, 0.29) is 11.9 Å². The molecule has 27 heavy (non-hydrogen) atoms. The second-order valence-electron chi connectivity index (χ2n) is 6.48. The summed E-state index contributed by atoms with van der Waals surface area (Å²) < 4.78 is 10.5. The van der Waals surface area contributed by atoms with Gasteiger partial charge in [0.15, 0.2) is 0 Å². The summed E-state index contributed by atoms with van der Waals surface area (Å²) in [4.78, 5) is 28.5. The summed E-state index contributed by atoms with van der Waals surface area (Å²) in [6.45, 7) is 3.23. The molecule has 7 nitrogen and oxygen atoms in total. The van der Waals surface area contributed by atoms with Crippen LogP contribution in [0.5, 0.6) is 5.75 Å². The molecule has 0 bridgehead atoms. The number of carbonyl (C=O) groups excluding carboxylic acids is 2. The Hall–Kier alpha value is -2.96. The molecule has 2 heterocycles. The minimum atomic E-state index is -0.518. The van der Waals surface area contributed by atoms with Crippen LogP contribution >= 0.6 is 0 Å². The standard InChI is InChI=1S/C20H25N3O4/c1-15-19(24)23(16-6-3-7-18(14-16)26-2)12-11-22(15)20(25)21-10-4-8-17-9-5-13-27-17/h3,5-7,9,13-15H,4,8,10-12H2,1-2H3,(H,21,25)/t15-/m0/s1. The van der Waals surface area contributed by atoms with Gasteiger partial charge in [0.1, 0.15) is 17.6 Å². The second-order valence-corrected chi connectivity index (χ2v) is 6.48. The third-order valence-corrected chi connectivity index (χ3v) is 4.74. The number of nitrogens with one attached hydrogen (secondary N) is 1. The lowest BCUT2D eigenvalue weighted by Gasteiger charge is -2.39. The lowest BCUT2D eigenvalue weighted by atomic mass is 10.1. The van der Waals surface area contributed by atoms with Gasteiger partial charge >= 0.3 is 6.03 Å². The molecule has 1 aromatic heterocycles. The highest BCUT2D eigenvalue weighted by molar-refractivity contribution is 6.00. The maximum absolute atomic E-state index is 12.8. The van der Waals surface area contributed by atoms with E-state index < -0.39 is 6.04 Å². The lowest BCUT2D eigenvalue weighted by molar-refractivity contribution is -0.124. The smallest absolute Gasteiger partial charge is 0.318 e. The summed E-state index contributed by atoms with van der Waals surface area (Å²) in [5.74, 6) is 1.50. The summed E-state index contributed by atoms with van der Waals surface area (Å²) in [5, 5.41) is 2.89. The van der Waals surface area contributed by atoms with Crippen molar-refractivity contribution in [1.29, 1.82) is 0 Å². The summed E-state index contributed by atoms with van der Waals surface area (Å²) >= 11 is 0. The van der Waals surface area contributed by atoms with Gasteiger partial charge in [0.2, 0.25) is 5.91 Å². The molecule has 3 amide bonds. The van der Waals surface area contributed by atoms with Crippen molar-refractivity contribution in [2.75, 3.05) is 31.6 Å². The highest BCUT2D eigenvalue weighted by atomic mass is 16.5. The first-order valence-corrected chi connectivity index (χ1v) is 9.12. The van der Waals surface area contributed by atoms with E-state index >= 15 is 0 Å². The van der Waals surface area contributed by atoms with Gasteiger partial charge in [0.05, 0.1) is 13.4 Å². The molecule has 1 saturated heterocycles. The predicted octanol–water partition coefficient (Wildman–Crippen LogP) is 2.67. The van der Waals surface area contributed by atoms with Crippen molar-refractivity contribution in [2.24, 2.45) is 0 Å². The Morgan fingerprint density at radius 2 is 2.15 bits per heavy atom. The normalized spacial score (nSPS) is 17.1. The van der Waals surface area contributed by atoms with Crippen LogP contribution < -0.4 is 15.0 Å². The Labute approximate surface area is 158 Å². The molecule has 1 fully saturated rings. The molecule has 2 aromatic rings. The first-order valence-electron chi connectivity index (χ1n) is 9.12. The van der Waals surface area contributed by atoms with Crippen molar-refractivity contribution in [3.8, 4) is 5.75 Å². The zero-order valence-corrected chi connectivity index (χ0v) is 15.7. The molecule has 0 radical (unpaired) electrons. The zero-order chi connectivity index (χ0) is 19.2. The molecule has 0 saturated carbocycles. The fourth-order valence-corrected chi connectivity index (χ4v) is 3.20. The average Bonchev–Trinajstić information content (AvgIpc) is 3.20. The van der Waals surface area contributed by atoms with Gasteiger partial charge in [-0.25, -0.2) is 4.79 Å². The fraction of sp³-hybridized carbons (Fsp3) is 0.400. The van der Waals surface area contributed by atoms with Crippen LogP contribution in [0.25, 0.3) is 0 Å². The molecule has 1 aromatic carbocycles. The van der Waals surface area contributed by atoms with Gasteiger partial charge in [0, 0.05) is 37.8 Å². The van der Waals surface area contributed by atoms with Gasteiger partial charge in [0.25, 0.3) is 0 Å². The van der Waals surface area contributed by atoms with Crippen LogP contribution in [0.3, 0.4) is 0 Å². The molecule has 0 aliphatic carbocycles. The number of aryl methyl sites for hydroxylation is 1. The monoisotopic (exact) mass is 371 g/mol. The number of benzene rings is 1. The van der Waals surface area contributed by atoms with Crippen molar-refractivity contribution in [3.05, 3.63) is 48.4 Å². The Bertz CT molecular complexity index is 775. The molecule has 1 aliphatic heterocycles. The summed E-state index contributed by atoms with van der Waals surface area (Å²) in [6, 6.07) is 10.4. The van der Waals surface area contributed by atoms with Crippen LogP contribution in [0.4, 0.5) is 10.5 Å². The van der Waals surface area contributed by atoms with E-state index in [1.807, 2.05) is 36.4 Å². The van der Waals surface area contributed by atoms with Crippen molar-refractivity contribution in [3.63, 3.8) is 0 Å². The molecule has 1 atom stereocenters. The van der Waals surface area contributed by atoms with Crippen molar-refractivity contribution < 1.29 is 18.7 Å². The van der Waals surface area contributed by atoms with Gasteiger partial charge in [-0.3, -0.25) is 4.79 Å². The van der Waals surface area contributed by atoms with E-state index in [9.17, 15) is 9.59 Å². The van der Waals surface area contributed by atoms with Crippen LogP contribution in [-0.2, 0) is 11.2 Å². The fourth-order valence-electron chi connectivity index (χ4n) is 3.20. The number of amides is 3. The SMILES string of the molecule is COc1cccc(N2CCN(C(=O)NCCCc3ccco3)[C@@H](C)C2=O)c1. The third-order valence-electron chi connectivity index (χ3n) is 4.74. The largest absolute Gasteiger partial charge is 0.497 e. The Morgan fingerprint density at radius 3 is 2.89 bits per heavy atom. The number of hydrogen-bond donors (Lipinski definition) is 1. The van der Waals surface area contributed by atoms with Crippen LogP contribution in [0.1, 0.15) is 19.1 Å². The number of furan rings is 1. The minimum Gasteiger partial charge on any atom is -0.497 e. The Kier molecular flexibility index (Phi) is 6.01. The quantitative estimate of drug-likeness (QED) is 0.792. The number of anilines is 1. The Morgan fingerprint density at radius 1 is 1.30 bits per heavy atom. The summed E-state index contributed by atoms with van der Waals surface area (Å²) in [7, 11) is 1.59. The molecular formula is C20H25N3O4. The Balaban J connectivity index is 1.53. The molecule has 1 N–H and O–H groups in total. The van der Waals surface area contributed by atoms with E-state index in [1.54, 1.807) is 30.1 Å². The van der Waals surface area contributed by atoms with Gasteiger partial charge < -0.3 is 24.3 Å². The van der Waals surface area contributed by atoms with Crippen molar-refractivity contribution in [1.82, 2.24) is 10.2 Å². The summed E-state index contributed by atoms with van der Waals surface area (Å²) in [6.07, 6.45) is 3.19. The molecule has 1 aliphatic rings. The molecule has 3 rings (SSSR count). The van der Waals surface area contributed by atoms with Gasteiger partial charge in [-0.15, -0.1) is 0 Å². The maximum Gasteiger partial charge on any atom is 0.318 e. The average molecular weight is 371 g/mol. The molecule has 0 unspecified atom stereocenters. The number of urea groups is 1. The highest BCUT2D eigenvalue weighted by Gasteiger charge is 2.34. The van der Waals surface area contributed by atoms with Crippen molar-refractivity contribution >= 4 is 17.6 Å². The predicted molar refractivity (Wildman–Crippen MR) is 102 cm³/mol. The molecule has 0 spiro atoms. The zero-order valence-electron chi connectivity index (χ0n) is 15.7. The first kappa shape index (κ1) is 18.8. The topological polar surface area (TPSA) is 75.0 Å². The van der Waals surface area contributed by atoms with E-state index in [4.69, 9.17) is 9.15 Å². The van der Waals surface area contributed by atoms with E-state index in [0.29, 0.717) is 25.4 Å². The van der Waals surface area contributed by atoms with Crippen LogP contribution in [-0.4, -0.2) is 49.6 Å². The number of methoxy groups -OCH3 is 1. The number of piperazine rings is 1. The summed E-state index contributed by atoms with van der Waals surface area (Å²) in [5.41, 5.74) is 0.782. The number of rotatable bonds is 6. The third kappa shape index (κ3) is 4.42. The van der Waals surface area contributed by atoms with Crippen LogP contribution in [0.2, 0.25) is 0 Å². The molecule has 144 valence electrons. The second kappa shape index (κ2) is 8.62. The minimum absolute atomic E-state index is 0.0970. The van der Waals surface area contributed by atoms with E-state index in [1.165, 1.54) is 0 Å². The van der Waals surface area contributed by atoms with Crippen LogP contribution in [0.15, 0.2) is 47.1 Å². The number of ether oxygens (including phenoxy) is 1. The lowest BCUT2D eigenvalue weighted by Crippen LogP contribution is -2.59. The van der Waals surface area contributed by atoms with E-state index in [0.717, 1.165) is 24.3 Å². The van der Waals surface area contributed by atoms with Crippen molar-refractivity contribution in [2.45, 2.75) is 25.8 Å².